The number of furan rings is 1. The highest BCUT2D eigenvalue weighted by Crippen LogP contribution is 2.26. The van der Waals surface area contributed by atoms with Crippen LogP contribution in [0.15, 0.2) is 50.9 Å². The zero-order chi connectivity index (χ0) is 17.6. The van der Waals surface area contributed by atoms with Crippen molar-refractivity contribution in [2.75, 3.05) is 6.54 Å². The number of amides is 2. The van der Waals surface area contributed by atoms with Gasteiger partial charge in [-0.05, 0) is 35.0 Å². The summed E-state index contributed by atoms with van der Waals surface area (Å²) in [4.78, 5) is 24.5. The lowest BCUT2D eigenvalue weighted by Crippen LogP contribution is -2.41. The van der Waals surface area contributed by atoms with E-state index in [0.717, 1.165) is 10.4 Å². The molecule has 1 atom stereocenters. The molecule has 3 aromatic heterocycles. The van der Waals surface area contributed by atoms with E-state index >= 15 is 0 Å². The lowest BCUT2D eigenvalue weighted by Gasteiger charge is -2.09. The maximum atomic E-state index is 11.8. The number of nitrogens with one attached hydrogen (secondary N) is 2. The third-order valence-electron chi connectivity index (χ3n) is 3.43. The summed E-state index contributed by atoms with van der Waals surface area (Å²) in [5, 5.41) is 20.8. The van der Waals surface area contributed by atoms with Crippen LogP contribution in [0.25, 0.3) is 11.3 Å². The quantitative estimate of drug-likeness (QED) is 0.577. The van der Waals surface area contributed by atoms with E-state index in [4.69, 9.17) is 4.42 Å². The van der Waals surface area contributed by atoms with Gasteiger partial charge in [0.15, 0.2) is 0 Å². The van der Waals surface area contributed by atoms with Gasteiger partial charge in [-0.3, -0.25) is 9.59 Å². The third-order valence-corrected chi connectivity index (χ3v) is 4.99. The minimum absolute atomic E-state index is 0.109. The van der Waals surface area contributed by atoms with Gasteiger partial charge in [0.05, 0.1) is 13.1 Å². The largest absolute Gasteiger partial charge is 0.458 e. The second kappa shape index (κ2) is 8.11. The summed E-state index contributed by atoms with van der Waals surface area (Å²) >= 11 is 3.04. The highest BCUT2D eigenvalue weighted by atomic mass is 32.1. The predicted molar refractivity (Wildman–Crippen MR) is 96.2 cm³/mol. The predicted octanol–water partition coefficient (Wildman–Crippen LogP) is 2.54. The van der Waals surface area contributed by atoms with Crippen LogP contribution in [-0.4, -0.2) is 23.5 Å². The van der Waals surface area contributed by atoms with Crippen molar-refractivity contribution < 1.29 is 19.1 Å². The molecule has 2 amide bonds. The SMILES string of the molecule is O=C(NCc1cccs1)C(=O)NC[C@H](O)c1ccc(-c2ccsc2)o1. The normalized spacial score (nSPS) is 11.9. The number of carbonyl (C=O) groups excluding carboxylic acids is 2. The van der Waals surface area contributed by atoms with Crippen LogP contribution < -0.4 is 10.6 Å². The second-order valence-electron chi connectivity index (χ2n) is 5.20. The molecule has 25 heavy (non-hydrogen) atoms. The lowest BCUT2D eigenvalue weighted by atomic mass is 10.2. The minimum Gasteiger partial charge on any atom is -0.458 e. The average molecular weight is 376 g/mol. The number of carbonyl (C=O) groups is 2. The van der Waals surface area contributed by atoms with E-state index in [1.54, 1.807) is 23.5 Å². The van der Waals surface area contributed by atoms with E-state index in [-0.39, 0.29) is 6.54 Å². The van der Waals surface area contributed by atoms with Crippen LogP contribution in [0.4, 0.5) is 0 Å². The van der Waals surface area contributed by atoms with Crippen molar-refractivity contribution in [2.45, 2.75) is 12.6 Å². The van der Waals surface area contributed by atoms with Crippen LogP contribution in [-0.2, 0) is 16.1 Å². The molecule has 0 radical (unpaired) electrons. The number of aliphatic hydroxyl groups is 1. The molecule has 0 spiro atoms. The van der Waals surface area contributed by atoms with E-state index in [0.29, 0.717) is 18.1 Å². The topological polar surface area (TPSA) is 91.6 Å². The zero-order valence-electron chi connectivity index (χ0n) is 13.1. The van der Waals surface area contributed by atoms with Crippen LogP contribution in [0.1, 0.15) is 16.7 Å². The fourth-order valence-electron chi connectivity index (χ4n) is 2.12. The van der Waals surface area contributed by atoms with Crippen molar-refractivity contribution in [2.24, 2.45) is 0 Å². The van der Waals surface area contributed by atoms with Crippen molar-refractivity contribution in [1.29, 1.82) is 0 Å². The summed E-state index contributed by atoms with van der Waals surface area (Å²) in [5.41, 5.74) is 0.931. The zero-order valence-corrected chi connectivity index (χ0v) is 14.7. The first-order valence-corrected chi connectivity index (χ1v) is 9.34. The van der Waals surface area contributed by atoms with Crippen LogP contribution in [0, 0.1) is 0 Å². The molecular formula is C17H16N2O4S2. The van der Waals surface area contributed by atoms with E-state index in [9.17, 15) is 14.7 Å². The molecule has 0 fully saturated rings. The summed E-state index contributed by atoms with van der Waals surface area (Å²) in [7, 11) is 0. The Kier molecular flexibility index (Phi) is 5.64. The summed E-state index contributed by atoms with van der Waals surface area (Å²) in [6, 6.07) is 9.07. The molecule has 130 valence electrons. The van der Waals surface area contributed by atoms with Gasteiger partial charge >= 0.3 is 11.8 Å². The number of hydrogen-bond acceptors (Lipinski definition) is 6. The van der Waals surface area contributed by atoms with Crippen LogP contribution >= 0.6 is 22.7 Å². The molecule has 3 aromatic rings. The van der Waals surface area contributed by atoms with Crippen molar-refractivity contribution in [1.82, 2.24) is 10.6 Å². The van der Waals surface area contributed by atoms with Gasteiger partial charge in [-0.1, -0.05) is 6.07 Å². The van der Waals surface area contributed by atoms with E-state index in [2.05, 4.69) is 10.6 Å². The molecule has 8 heteroatoms. The van der Waals surface area contributed by atoms with Gasteiger partial charge in [0, 0.05) is 15.8 Å². The first-order valence-electron chi connectivity index (χ1n) is 7.52. The van der Waals surface area contributed by atoms with E-state index in [1.165, 1.54) is 11.3 Å². The number of aliphatic hydroxyl groups excluding tert-OH is 1. The van der Waals surface area contributed by atoms with Gasteiger partial charge in [-0.2, -0.15) is 11.3 Å². The molecule has 6 nitrogen and oxygen atoms in total. The summed E-state index contributed by atoms with van der Waals surface area (Å²) < 4.78 is 5.59. The van der Waals surface area contributed by atoms with Crippen molar-refractivity contribution in [3.8, 4) is 11.3 Å². The van der Waals surface area contributed by atoms with Gasteiger partial charge < -0.3 is 20.2 Å². The Morgan fingerprint density at radius 3 is 2.68 bits per heavy atom. The second-order valence-corrected chi connectivity index (χ2v) is 7.01. The minimum atomic E-state index is -1.03. The van der Waals surface area contributed by atoms with Crippen LogP contribution in [0.5, 0.6) is 0 Å². The molecule has 0 aliphatic carbocycles. The molecule has 0 aromatic carbocycles. The average Bonchev–Trinajstić information content (AvgIpc) is 3.37. The Morgan fingerprint density at radius 1 is 1.12 bits per heavy atom. The van der Waals surface area contributed by atoms with Crippen molar-refractivity contribution in [3.05, 3.63) is 57.1 Å². The Morgan fingerprint density at radius 2 is 1.96 bits per heavy atom. The maximum Gasteiger partial charge on any atom is 0.309 e. The van der Waals surface area contributed by atoms with Gasteiger partial charge in [0.25, 0.3) is 0 Å². The summed E-state index contributed by atoms with van der Waals surface area (Å²) in [5.74, 6) is -0.546. The Hall–Kier alpha value is -2.42. The number of rotatable bonds is 6. The monoisotopic (exact) mass is 376 g/mol. The molecule has 3 rings (SSSR count). The molecule has 3 N–H and O–H groups in total. The highest BCUT2D eigenvalue weighted by molar-refractivity contribution is 7.09. The Balaban J connectivity index is 1.47. The molecule has 3 heterocycles. The molecule has 0 unspecified atom stereocenters. The van der Waals surface area contributed by atoms with E-state index in [1.807, 2.05) is 34.3 Å². The van der Waals surface area contributed by atoms with Gasteiger partial charge in [-0.25, -0.2) is 0 Å². The van der Waals surface area contributed by atoms with Crippen LogP contribution in [0.2, 0.25) is 0 Å². The third kappa shape index (κ3) is 4.56. The van der Waals surface area contributed by atoms with Gasteiger partial charge in [0.2, 0.25) is 0 Å². The van der Waals surface area contributed by atoms with Gasteiger partial charge in [-0.15, -0.1) is 11.3 Å². The fourth-order valence-corrected chi connectivity index (χ4v) is 3.41. The Labute approximate surface area is 152 Å². The Bertz CT molecular complexity index is 825. The number of thiophene rings is 2. The number of hydrogen-bond donors (Lipinski definition) is 3. The smallest absolute Gasteiger partial charge is 0.309 e. The molecule has 0 bridgehead atoms. The molecule has 0 saturated heterocycles. The first kappa shape index (κ1) is 17.4. The van der Waals surface area contributed by atoms with E-state index < -0.39 is 17.9 Å². The highest BCUT2D eigenvalue weighted by Gasteiger charge is 2.18. The summed E-state index contributed by atoms with van der Waals surface area (Å²) in [6.45, 7) is 0.191. The first-order chi connectivity index (χ1) is 12.1. The molecule has 0 aliphatic rings. The van der Waals surface area contributed by atoms with Crippen molar-refractivity contribution in [3.63, 3.8) is 0 Å². The molecular weight excluding hydrogens is 360 g/mol. The molecule has 0 saturated carbocycles. The molecule has 0 aliphatic heterocycles. The van der Waals surface area contributed by atoms with Crippen LogP contribution in [0.3, 0.4) is 0 Å². The summed E-state index contributed by atoms with van der Waals surface area (Å²) in [6.07, 6.45) is -1.03. The van der Waals surface area contributed by atoms with Gasteiger partial charge in [0.1, 0.15) is 17.6 Å². The fraction of sp³-hybridized carbons (Fsp3) is 0.176. The maximum absolute atomic E-state index is 11.8. The standard InChI is InChI=1S/C17H16N2O4S2/c20-13(15-4-3-14(23-15)11-5-7-24-10-11)9-19-17(22)16(21)18-8-12-2-1-6-25-12/h1-7,10,13,20H,8-9H2,(H,18,21)(H,19,22)/t13-/m0/s1. The van der Waals surface area contributed by atoms with Crippen molar-refractivity contribution >= 4 is 34.5 Å². The lowest BCUT2D eigenvalue weighted by molar-refractivity contribution is -0.139.